The molecule has 4 rings (SSSR count). The predicted octanol–water partition coefficient (Wildman–Crippen LogP) is 4.95. The Morgan fingerprint density at radius 1 is 0.878 bits per heavy atom. The summed E-state index contributed by atoms with van der Waals surface area (Å²) in [7, 11) is 6.20. The smallest absolute Gasteiger partial charge is 0.254 e. The summed E-state index contributed by atoms with van der Waals surface area (Å²) in [6.07, 6.45) is 1.79. The van der Waals surface area contributed by atoms with Crippen LogP contribution in [0.2, 0.25) is 5.02 Å². The van der Waals surface area contributed by atoms with Gasteiger partial charge in [0.15, 0.2) is 0 Å². The summed E-state index contributed by atoms with van der Waals surface area (Å²) in [6.45, 7) is 0.249. The second-order valence-corrected chi connectivity index (χ2v) is 9.33. The third kappa shape index (κ3) is 7.36. The first-order chi connectivity index (χ1) is 19.8. The molecular weight excluding hydrogens is 548 g/mol. The van der Waals surface area contributed by atoms with Crippen LogP contribution in [0, 0.1) is 0 Å². The van der Waals surface area contributed by atoms with Crippen molar-refractivity contribution in [2.45, 2.75) is 0 Å². The molecule has 1 N–H and O–H groups in total. The molecule has 4 aromatic rings. The van der Waals surface area contributed by atoms with E-state index < -0.39 is 5.91 Å². The zero-order valence-corrected chi connectivity index (χ0v) is 24.0. The Kier molecular flexibility index (Phi) is 9.83. The molecule has 11 heteroatoms. The van der Waals surface area contributed by atoms with Gasteiger partial charge in [0.25, 0.3) is 5.91 Å². The number of nitrogens with zero attached hydrogens (tertiary/aromatic N) is 3. The summed E-state index contributed by atoms with van der Waals surface area (Å²) in [6, 6.07) is 19.2. The van der Waals surface area contributed by atoms with Crippen molar-refractivity contribution >= 4 is 29.4 Å². The van der Waals surface area contributed by atoms with Crippen molar-refractivity contribution in [2.24, 2.45) is 0 Å². The second kappa shape index (κ2) is 13.7. The fourth-order valence-electron chi connectivity index (χ4n) is 4.06. The molecule has 0 bridgehead atoms. The number of carbonyl (C=O) groups is 2. The Morgan fingerprint density at radius 2 is 1.51 bits per heavy atom. The fraction of sp³-hybridized carbons (Fsp3) is 0.233. The van der Waals surface area contributed by atoms with Crippen LogP contribution >= 0.6 is 11.6 Å². The van der Waals surface area contributed by atoms with Crippen molar-refractivity contribution in [1.82, 2.24) is 14.5 Å². The van der Waals surface area contributed by atoms with E-state index in [9.17, 15) is 9.59 Å². The average Bonchev–Trinajstić information content (AvgIpc) is 3.42. The average molecular weight is 579 g/mol. The number of nitrogens with one attached hydrogen (secondary N) is 1. The van der Waals surface area contributed by atoms with Crippen LogP contribution in [-0.2, 0) is 9.53 Å². The zero-order chi connectivity index (χ0) is 29.4. The summed E-state index contributed by atoms with van der Waals surface area (Å²) < 4.78 is 23.0. The molecule has 0 fully saturated rings. The van der Waals surface area contributed by atoms with Gasteiger partial charge in [-0.05, 0) is 36.4 Å². The monoisotopic (exact) mass is 578 g/mol. The number of hydrogen-bond acceptors (Lipinski definition) is 7. The Labute approximate surface area is 243 Å². The molecule has 0 saturated carbocycles. The molecule has 0 aliphatic carbocycles. The number of imidazole rings is 1. The van der Waals surface area contributed by atoms with Gasteiger partial charge < -0.3 is 23.8 Å². The quantitative estimate of drug-likeness (QED) is 0.254. The molecule has 0 unspecified atom stereocenters. The molecule has 0 aliphatic rings. The summed E-state index contributed by atoms with van der Waals surface area (Å²) in [4.78, 5) is 32.7. The molecule has 41 heavy (non-hydrogen) atoms. The number of benzene rings is 3. The molecule has 0 aliphatic heterocycles. The Hall–Kier alpha value is -4.54. The van der Waals surface area contributed by atoms with E-state index in [-0.39, 0.29) is 31.6 Å². The number of rotatable bonds is 12. The molecule has 0 radical (unpaired) electrons. The molecule has 1 heterocycles. The van der Waals surface area contributed by atoms with Crippen molar-refractivity contribution in [1.29, 1.82) is 0 Å². The predicted molar refractivity (Wildman–Crippen MR) is 157 cm³/mol. The van der Waals surface area contributed by atoms with Crippen molar-refractivity contribution in [3.05, 3.63) is 83.5 Å². The van der Waals surface area contributed by atoms with Crippen LogP contribution in [-0.4, -0.2) is 74.4 Å². The van der Waals surface area contributed by atoms with Crippen LogP contribution in [0.1, 0.15) is 10.4 Å². The lowest BCUT2D eigenvalue weighted by Gasteiger charge is -2.22. The first-order valence-corrected chi connectivity index (χ1v) is 13.0. The molecule has 0 spiro atoms. The lowest BCUT2D eigenvalue weighted by atomic mass is 10.2. The highest BCUT2D eigenvalue weighted by atomic mass is 35.5. The number of hydrogen-bond donors (Lipinski definition) is 1. The molecule has 0 atom stereocenters. The van der Waals surface area contributed by atoms with E-state index in [0.717, 1.165) is 5.56 Å². The van der Waals surface area contributed by atoms with Gasteiger partial charge in [0.05, 0.1) is 39.3 Å². The minimum absolute atomic E-state index is 0.215. The van der Waals surface area contributed by atoms with E-state index in [1.807, 2.05) is 12.1 Å². The summed E-state index contributed by atoms with van der Waals surface area (Å²) >= 11 is 6.08. The number of carbonyl (C=O) groups excluding carboxylic acids is 2. The number of methoxy groups -OCH3 is 4. The lowest BCUT2D eigenvalue weighted by molar-refractivity contribution is -0.117. The van der Waals surface area contributed by atoms with Gasteiger partial charge in [-0.3, -0.25) is 19.5 Å². The number of amides is 2. The van der Waals surface area contributed by atoms with Crippen LogP contribution in [0.25, 0.3) is 16.9 Å². The van der Waals surface area contributed by atoms with E-state index >= 15 is 0 Å². The number of anilines is 1. The number of aromatic nitrogens is 2. The summed E-state index contributed by atoms with van der Waals surface area (Å²) in [5.74, 6) is 1.25. The van der Waals surface area contributed by atoms with Gasteiger partial charge in [-0.2, -0.15) is 0 Å². The highest BCUT2D eigenvalue weighted by Crippen LogP contribution is 2.30. The highest BCUT2D eigenvalue weighted by Gasteiger charge is 2.21. The van der Waals surface area contributed by atoms with Crippen molar-refractivity contribution < 1.29 is 28.5 Å². The van der Waals surface area contributed by atoms with Crippen molar-refractivity contribution in [3.63, 3.8) is 0 Å². The summed E-state index contributed by atoms with van der Waals surface area (Å²) in [5.41, 5.74) is 2.47. The molecule has 2 amide bonds. The van der Waals surface area contributed by atoms with Crippen molar-refractivity contribution in [3.8, 4) is 34.2 Å². The number of halogens is 1. The van der Waals surface area contributed by atoms with Gasteiger partial charge in [0.1, 0.15) is 23.8 Å². The van der Waals surface area contributed by atoms with E-state index in [0.29, 0.717) is 39.2 Å². The minimum atomic E-state index is -0.438. The maximum Gasteiger partial charge on any atom is 0.254 e. The van der Waals surface area contributed by atoms with Crippen LogP contribution in [0.5, 0.6) is 17.2 Å². The summed E-state index contributed by atoms with van der Waals surface area (Å²) in [5, 5.41) is 3.46. The third-order valence-corrected chi connectivity index (χ3v) is 6.49. The van der Waals surface area contributed by atoms with Crippen LogP contribution in [0.15, 0.2) is 72.9 Å². The van der Waals surface area contributed by atoms with Gasteiger partial charge >= 0.3 is 0 Å². The molecule has 10 nitrogen and oxygen atoms in total. The molecule has 214 valence electrons. The minimum Gasteiger partial charge on any atom is -0.497 e. The zero-order valence-electron chi connectivity index (χ0n) is 23.2. The topological polar surface area (TPSA) is 104 Å². The van der Waals surface area contributed by atoms with Gasteiger partial charge in [-0.25, -0.2) is 4.98 Å². The largest absolute Gasteiger partial charge is 0.497 e. The lowest BCUT2D eigenvalue weighted by Crippen LogP contribution is -2.40. The third-order valence-electron chi connectivity index (χ3n) is 6.24. The van der Waals surface area contributed by atoms with Crippen LogP contribution in [0.4, 0.5) is 5.95 Å². The van der Waals surface area contributed by atoms with E-state index in [4.69, 9.17) is 35.5 Å². The van der Waals surface area contributed by atoms with E-state index in [2.05, 4.69) is 5.32 Å². The maximum absolute atomic E-state index is 13.4. The number of ether oxygens (including phenoxy) is 4. The van der Waals surface area contributed by atoms with Gasteiger partial charge in [-0.1, -0.05) is 23.7 Å². The molecule has 0 saturated heterocycles. The standard InChI is InChI=1S/C30H31ClN4O6/c1-38-14-13-34(29(37)21-7-11-24(39-2)12-8-21)19-28(36)33-30-32-27(20-5-9-22(31)10-6-20)18-35(30)23-15-25(40-3)17-26(16-23)41-4/h5-12,15-18H,13-14,19H2,1-4H3,(H,32,33,36). The molecular formula is C30H31ClN4O6. The van der Waals surface area contributed by atoms with Gasteiger partial charge in [-0.15, -0.1) is 0 Å². The van der Waals surface area contributed by atoms with Gasteiger partial charge in [0.2, 0.25) is 11.9 Å². The highest BCUT2D eigenvalue weighted by molar-refractivity contribution is 6.30. The normalized spacial score (nSPS) is 10.7. The first-order valence-electron chi connectivity index (χ1n) is 12.7. The van der Waals surface area contributed by atoms with Crippen LogP contribution in [0.3, 0.4) is 0 Å². The Balaban J connectivity index is 1.65. The van der Waals surface area contributed by atoms with Crippen molar-refractivity contribution in [2.75, 3.05) is 53.5 Å². The molecule has 3 aromatic carbocycles. The fourth-order valence-corrected chi connectivity index (χ4v) is 4.19. The van der Waals surface area contributed by atoms with E-state index in [1.165, 1.54) is 12.0 Å². The Bertz CT molecular complexity index is 1470. The maximum atomic E-state index is 13.4. The Morgan fingerprint density at radius 3 is 2.10 bits per heavy atom. The van der Waals surface area contributed by atoms with E-state index in [1.54, 1.807) is 86.7 Å². The SMILES string of the molecule is COCCN(CC(=O)Nc1nc(-c2ccc(Cl)cc2)cn1-c1cc(OC)cc(OC)c1)C(=O)c1ccc(OC)cc1. The van der Waals surface area contributed by atoms with Gasteiger partial charge in [0, 0.05) is 54.2 Å². The van der Waals surface area contributed by atoms with Crippen LogP contribution < -0.4 is 19.5 Å². The second-order valence-electron chi connectivity index (χ2n) is 8.89. The molecule has 1 aromatic heterocycles. The first kappa shape index (κ1) is 29.4.